The second-order valence-electron chi connectivity index (χ2n) is 4.44. The molecular formula is C15H19BrO2. The lowest BCUT2D eigenvalue weighted by molar-refractivity contribution is -0.142. The Morgan fingerprint density at radius 3 is 2.56 bits per heavy atom. The van der Waals surface area contributed by atoms with Gasteiger partial charge in [0.25, 0.3) is 0 Å². The molecule has 98 valence electrons. The summed E-state index contributed by atoms with van der Waals surface area (Å²) in [4.78, 5) is 11.3. The first kappa shape index (κ1) is 15.0. The van der Waals surface area contributed by atoms with E-state index >= 15 is 0 Å². The molecule has 0 spiro atoms. The molecule has 0 saturated heterocycles. The van der Waals surface area contributed by atoms with Gasteiger partial charge in [0.1, 0.15) is 11.4 Å². The van der Waals surface area contributed by atoms with Gasteiger partial charge in [0.05, 0.1) is 0 Å². The number of allylic oxidation sites excluding steroid dienone is 1. The fourth-order valence-electron chi connectivity index (χ4n) is 1.38. The molecule has 0 bridgehead atoms. The molecule has 0 aliphatic heterocycles. The minimum Gasteiger partial charge on any atom is -0.461 e. The van der Waals surface area contributed by atoms with Gasteiger partial charge in [-0.3, -0.25) is 4.79 Å². The van der Waals surface area contributed by atoms with E-state index in [0.29, 0.717) is 6.61 Å². The maximum atomic E-state index is 11.5. The Morgan fingerprint density at radius 2 is 1.94 bits per heavy atom. The number of esters is 1. The van der Waals surface area contributed by atoms with Gasteiger partial charge < -0.3 is 4.74 Å². The summed E-state index contributed by atoms with van der Waals surface area (Å²) in [5.74, 6) is 0.0418. The van der Waals surface area contributed by atoms with Crippen molar-refractivity contribution >= 4 is 21.9 Å². The normalized spacial score (nSPS) is 12.9. The van der Waals surface area contributed by atoms with E-state index in [4.69, 9.17) is 4.74 Å². The van der Waals surface area contributed by atoms with Gasteiger partial charge in [-0.1, -0.05) is 72.3 Å². The molecule has 0 amide bonds. The highest BCUT2D eigenvalue weighted by Crippen LogP contribution is 2.13. The lowest BCUT2D eigenvalue weighted by atomic mass is 10.1. The number of alkyl halides is 1. The van der Waals surface area contributed by atoms with Crippen molar-refractivity contribution in [3.05, 3.63) is 48.0 Å². The molecule has 0 heterocycles. The molecule has 2 nitrogen and oxygen atoms in total. The lowest BCUT2D eigenvalue weighted by Gasteiger charge is -2.11. The van der Waals surface area contributed by atoms with Crippen LogP contribution < -0.4 is 0 Å². The highest BCUT2D eigenvalue weighted by Gasteiger charge is 2.19. The Hall–Kier alpha value is -1.09. The smallest absolute Gasteiger partial charge is 0.320 e. The Morgan fingerprint density at radius 1 is 1.28 bits per heavy atom. The van der Waals surface area contributed by atoms with Gasteiger partial charge in [-0.15, -0.1) is 0 Å². The number of carbonyl (C=O) groups is 1. The van der Waals surface area contributed by atoms with E-state index in [1.54, 1.807) is 0 Å². The number of halogens is 1. The van der Waals surface area contributed by atoms with Gasteiger partial charge in [0, 0.05) is 0 Å². The Bertz CT molecular complexity index is 385. The molecule has 0 fully saturated rings. The van der Waals surface area contributed by atoms with Crippen molar-refractivity contribution in [3.63, 3.8) is 0 Å². The van der Waals surface area contributed by atoms with Crippen LogP contribution in [0.15, 0.2) is 42.5 Å². The van der Waals surface area contributed by atoms with E-state index in [-0.39, 0.29) is 16.7 Å². The van der Waals surface area contributed by atoms with Gasteiger partial charge in [-0.2, -0.15) is 0 Å². The zero-order valence-electron chi connectivity index (χ0n) is 10.8. The van der Waals surface area contributed by atoms with E-state index in [2.05, 4.69) is 28.1 Å². The topological polar surface area (TPSA) is 26.3 Å². The van der Waals surface area contributed by atoms with Crippen LogP contribution in [-0.2, 0) is 16.0 Å². The quantitative estimate of drug-likeness (QED) is 0.454. The summed E-state index contributed by atoms with van der Waals surface area (Å²) in [6, 6.07) is 10.2. The highest BCUT2D eigenvalue weighted by molar-refractivity contribution is 9.10. The van der Waals surface area contributed by atoms with Crippen LogP contribution in [0.5, 0.6) is 0 Å². The standard InChI is InChI=1S/C15H19BrO2/c1-12(2)14(16)15(17)18-11-7-6-10-13-8-4-3-5-9-13/h3-9,12,14H,10-11H2,1-2H3. The van der Waals surface area contributed by atoms with E-state index in [9.17, 15) is 4.79 Å². The maximum Gasteiger partial charge on any atom is 0.320 e. The summed E-state index contributed by atoms with van der Waals surface area (Å²) >= 11 is 3.31. The molecule has 0 aliphatic rings. The van der Waals surface area contributed by atoms with E-state index < -0.39 is 0 Å². The van der Waals surface area contributed by atoms with Gasteiger partial charge in [-0.05, 0) is 17.9 Å². The van der Waals surface area contributed by atoms with Gasteiger partial charge in [0.2, 0.25) is 0 Å². The fourth-order valence-corrected chi connectivity index (χ4v) is 1.52. The lowest BCUT2D eigenvalue weighted by Crippen LogP contribution is -2.22. The van der Waals surface area contributed by atoms with Crippen LogP contribution in [0.2, 0.25) is 0 Å². The molecule has 1 aromatic rings. The average Bonchev–Trinajstić information content (AvgIpc) is 2.38. The number of hydrogen-bond donors (Lipinski definition) is 0. The molecule has 3 heteroatoms. The van der Waals surface area contributed by atoms with E-state index in [1.807, 2.05) is 44.2 Å². The number of benzene rings is 1. The van der Waals surface area contributed by atoms with Crippen molar-refractivity contribution in [2.75, 3.05) is 6.61 Å². The Balaban J connectivity index is 2.24. The molecule has 0 aliphatic carbocycles. The van der Waals surface area contributed by atoms with Crippen LogP contribution in [0.25, 0.3) is 0 Å². The van der Waals surface area contributed by atoms with Crippen LogP contribution in [0.1, 0.15) is 19.4 Å². The van der Waals surface area contributed by atoms with Crippen LogP contribution >= 0.6 is 15.9 Å². The second-order valence-corrected chi connectivity index (χ2v) is 5.42. The molecule has 0 N–H and O–H groups in total. The predicted molar refractivity (Wildman–Crippen MR) is 77.8 cm³/mol. The number of ether oxygens (including phenoxy) is 1. The first-order valence-electron chi connectivity index (χ1n) is 6.11. The SMILES string of the molecule is CC(C)C(Br)C(=O)OCC=CCc1ccccc1. The van der Waals surface area contributed by atoms with Crippen molar-refractivity contribution in [2.45, 2.75) is 25.1 Å². The van der Waals surface area contributed by atoms with Gasteiger partial charge >= 0.3 is 5.97 Å². The van der Waals surface area contributed by atoms with Crippen molar-refractivity contribution in [1.29, 1.82) is 0 Å². The van der Waals surface area contributed by atoms with Crippen LogP contribution in [0, 0.1) is 5.92 Å². The highest BCUT2D eigenvalue weighted by atomic mass is 79.9. The van der Waals surface area contributed by atoms with Crippen molar-refractivity contribution in [2.24, 2.45) is 5.92 Å². The van der Waals surface area contributed by atoms with Crippen molar-refractivity contribution in [1.82, 2.24) is 0 Å². The average molecular weight is 311 g/mol. The monoisotopic (exact) mass is 310 g/mol. The molecule has 18 heavy (non-hydrogen) atoms. The summed E-state index contributed by atoms with van der Waals surface area (Å²) in [6.07, 6.45) is 4.76. The third-order valence-corrected chi connectivity index (χ3v) is 3.93. The second kappa shape index (κ2) is 8.09. The molecule has 1 rings (SSSR count). The van der Waals surface area contributed by atoms with Crippen molar-refractivity contribution in [3.8, 4) is 0 Å². The minimum absolute atomic E-state index is 0.200. The Labute approximate surface area is 117 Å². The zero-order valence-corrected chi connectivity index (χ0v) is 12.4. The third kappa shape index (κ3) is 5.50. The summed E-state index contributed by atoms with van der Waals surface area (Å²) in [7, 11) is 0. The van der Waals surface area contributed by atoms with E-state index in [1.165, 1.54) is 5.56 Å². The predicted octanol–water partition coefficient (Wildman–Crippen LogP) is 3.75. The molecular weight excluding hydrogens is 292 g/mol. The van der Waals surface area contributed by atoms with E-state index in [0.717, 1.165) is 6.42 Å². The molecule has 1 atom stereocenters. The molecule has 1 unspecified atom stereocenters. The first-order chi connectivity index (χ1) is 8.61. The summed E-state index contributed by atoms with van der Waals surface area (Å²) in [5, 5.41) is 0. The zero-order chi connectivity index (χ0) is 13.4. The van der Waals surface area contributed by atoms with Gasteiger partial charge in [-0.25, -0.2) is 0 Å². The molecule has 1 aromatic carbocycles. The van der Waals surface area contributed by atoms with Crippen LogP contribution in [0.3, 0.4) is 0 Å². The third-order valence-electron chi connectivity index (χ3n) is 2.50. The first-order valence-corrected chi connectivity index (χ1v) is 7.02. The van der Waals surface area contributed by atoms with Gasteiger partial charge in [0.15, 0.2) is 0 Å². The van der Waals surface area contributed by atoms with Crippen molar-refractivity contribution < 1.29 is 9.53 Å². The summed E-state index contributed by atoms with van der Waals surface area (Å²) < 4.78 is 5.13. The fraction of sp³-hybridized carbons (Fsp3) is 0.400. The minimum atomic E-state index is -0.222. The van der Waals surface area contributed by atoms with Crippen LogP contribution in [0.4, 0.5) is 0 Å². The Kier molecular flexibility index (Phi) is 6.73. The molecule has 0 radical (unpaired) electrons. The number of rotatable bonds is 6. The maximum absolute atomic E-state index is 11.5. The molecule has 0 saturated carbocycles. The molecule has 0 aromatic heterocycles. The largest absolute Gasteiger partial charge is 0.461 e. The number of hydrogen-bond acceptors (Lipinski definition) is 2. The summed E-state index contributed by atoms with van der Waals surface area (Å²) in [6.45, 7) is 4.29. The number of carbonyl (C=O) groups excluding carboxylic acids is 1. The van der Waals surface area contributed by atoms with Crippen LogP contribution in [-0.4, -0.2) is 17.4 Å². The summed E-state index contributed by atoms with van der Waals surface area (Å²) in [5.41, 5.74) is 1.25.